The Morgan fingerprint density at radius 2 is 1.88 bits per heavy atom. The van der Waals surface area contributed by atoms with Crippen molar-refractivity contribution in [3.8, 4) is 5.82 Å². The molecular weight excluding hydrogens is 231 g/mol. The number of nitrogens with zero attached hydrogens (tertiary/aromatic N) is 3. The largest absolute Gasteiger partial charge is 0.435 e. The molecule has 0 aliphatic rings. The summed E-state index contributed by atoms with van der Waals surface area (Å²) in [5.74, 6) is 0.387. The fourth-order valence-corrected chi connectivity index (χ4v) is 1.54. The predicted molar refractivity (Wildman–Crippen MR) is 55.8 cm³/mol. The van der Waals surface area contributed by atoms with Crippen molar-refractivity contribution >= 4 is 0 Å². The zero-order valence-corrected chi connectivity index (χ0v) is 9.28. The Labute approximate surface area is 95.9 Å². The van der Waals surface area contributed by atoms with Crippen LogP contribution in [0.3, 0.4) is 0 Å². The van der Waals surface area contributed by atoms with Crippen molar-refractivity contribution in [2.24, 2.45) is 0 Å². The van der Waals surface area contributed by atoms with Gasteiger partial charge in [-0.15, -0.1) is 0 Å². The minimum absolute atomic E-state index is 0.387. The fraction of sp³-hybridized carbons (Fsp3) is 0.273. The van der Waals surface area contributed by atoms with Crippen LogP contribution in [0.25, 0.3) is 5.82 Å². The van der Waals surface area contributed by atoms with Crippen molar-refractivity contribution in [3.05, 3.63) is 41.3 Å². The summed E-state index contributed by atoms with van der Waals surface area (Å²) in [5, 5.41) is 3.46. The third-order valence-electron chi connectivity index (χ3n) is 2.20. The molecule has 0 fully saturated rings. The molecule has 0 spiro atoms. The van der Waals surface area contributed by atoms with Crippen LogP contribution in [0.5, 0.6) is 0 Å². The van der Waals surface area contributed by atoms with Crippen LogP contribution in [0.1, 0.15) is 17.0 Å². The van der Waals surface area contributed by atoms with E-state index < -0.39 is 11.9 Å². The highest BCUT2D eigenvalue weighted by atomic mass is 19.4. The van der Waals surface area contributed by atoms with Crippen molar-refractivity contribution in [2.45, 2.75) is 20.0 Å². The second-order valence-corrected chi connectivity index (χ2v) is 3.79. The van der Waals surface area contributed by atoms with Gasteiger partial charge in [-0.3, -0.25) is 0 Å². The molecule has 0 saturated carbocycles. The summed E-state index contributed by atoms with van der Waals surface area (Å²) in [4.78, 5) is 4.13. The quantitative estimate of drug-likeness (QED) is 0.768. The maximum atomic E-state index is 12.4. The minimum atomic E-state index is -4.43. The summed E-state index contributed by atoms with van der Waals surface area (Å²) in [6, 6.07) is 4.46. The average Bonchev–Trinajstić information content (AvgIpc) is 2.63. The minimum Gasteiger partial charge on any atom is -0.234 e. The van der Waals surface area contributed by atoms with Crippen molar-refractivity contribution in [2.75, 3.05) is 0 Å². The Morgan fingerprint density at radius 3 is 2.41 bits per heavy atom. The Kier molecular flexibility index (Phi) is 2.65. The lowest BCUT2D eigenvalue weighted by Gasteiger charge is -2.04. The Bertz CT molecular complexity index is 523. The number of rotatable bonds is 1. The number of hydrogen-bond acceptors (Lipinski definition) is 2. The van der Waals surface area contributed by atoms with E-state index in [1.54, 1.807) is 13.0 Å². The highest BCUT2D eigenvalue weighted by Crippen LogP contribution is 2.27. The molecule has 6 heteroatoms. The molecule has 0 bridgehead atoms. The SMILES string of the molecule is Cc1cc(C)nc(-n2ccc(C(F)(F)F)n2)c1. The van der Waals surface area contributed by atoms with Gasteiger partial charge in [0.05, 0.1) is 0 Å². The van der Waals surface area contributed by atoms with E-state index in [0.29, 0.717) is 5.82 Å². The van der Waals surface area contributed by atoms with E-state index in [0.717, 1.165) is 22.0 Å². The van der Waals surface area contributed by atoms with Crippen LogP contribution in [0.15, 0.2) is 24.4 Å². The van der Waals surface area contributed by atoms with Crippen LogP contribution in [0.4, 0.5) is 13.2 Å². The number of aryl methyl sites for hydroxylation is 2. The van der Waals surface area contributed by atoms with Gasteiger partial charge in [0.25, 0.3) is 0 Å². The van der Waals surface area contributed by atoms with Gasteiger partial charge in [0, 0.05) is 11.9 Å². The lowest BCUT2D eigenvalue weighted by Crippen LogP contribution is -2.08. The Balaban J connectivity index is 2.44. The van der Waals surface area contributed by atoms with E-state index in [4.69, 9.17) is 0 Å². The highest BCUT2D eigenvalue weighted by molar-refractivity contribution is 5.29. The molecule has 90 valence electrons. The second kappa shape index (κ2) is 3.87. The smallest absolute Gasteiger partial charge is 0.234 e. The normalized spacial score (nSPS) is 11.8. The summed E-state index contributed by atoms with van der Waals surface area (Å²) in [6.45, 7) is 3.64. The van der Waals surface area contributed by atoms with E-state index in [1.807, 2.05) is 13.0 Å². The van der Waals surface area contributed by atoms with Crippen molar-refractivity contribution in [1.82, 2.24) is 14.8 Å². The van der Waals surface area contributed by atoms with Gasteiger partial charge in [-0.2, -0.15) is 18.3 Å². The predicted octanol–water partition coefficient (Wildman–Crippen LogP) is 2.90. The number of pyridine rings is 1. The molecule has 0 atom stereocenters. The molecule has 0 aliphatic carbocycles. The van der Waals surface area contributed by atoms with Crippen LogP contribution in [0, 0.1) is 13.8 Å². The number of aromatic nitrogens is 3. The first kappa shape index (κ1) is 11.6. The summed E-state index contributed by atoms with van der Waals surface area (Å²) < 4.78 is 38.3. The monoisotopic (exact) mass is 241 g/mol. The van der Waals surface area contributed by atoms with Gasteiger partial charge in [-0.05, 0) is 37.6 Å². The van der Waals surface area contributed by atoms with Gasteiger partial charge in [0.2, 0.25) is 0 Å². The topological polar surface area (TPSA) is 30.7 Å². The summed E-state index contributed by atoms with van der Waals surface area (Å²) >= 11 is 0. The van der Waals surface area contributed by atoms with Gasteiger partial charge in [0.1, 0.15) is 0 Å². The molecule has 0 saturated heterocycles. The first-order chi connectivity index (χ1) is 7.86. The van der Waals surface area contributed by atoms with Gasteiger partial charge >= 0.3 is 6.18 Å². The van der Waals surface area contributed by atoms with Gasteiger partial charge < -0.3 is 0 Å². The maximum absolute atomic E-state index is 12.4. The molecule has 3 nitrogen and oxygen atoms in total. The molecule has 17 heavy (non-hydrogen) atoms. The van der Waals surface area contributed by atoms with Crippen molar-refractivity contribution < 1.29 is 13.2 Å². The molecular formula is C11H10F3N3. The van der Waals surface area contributed by atoms with Crippen LogP contribution in [-0.2, 0) is 6.18 Å². The van der Waals surface area contributed by atoms with Crippen LogP contribution in [-0.4, -0.2) is 14.8 Å². The summed E-state index contributed by atoms with van der Waals surface area (Å²) in [6.07, 6.45) is -3.17. The molecule has 2 rings (SSSR count). The average molecular weight is 241 g/mol. The standard InChI is InChI=1S/C11H10F3N3/c1-7-5-8(2)15-10(6-7)17-4-3-9(16-17)11(12,13)14/h3-6H,1-2H3. The van der Waals surface area contributed by atoms with E-state index in [-0.39, 0.29) is 0 Å². The Hall–Kier alpha value is -1.85. The molecule has 2 heterocycles. The van der Waals surface area contributed by atoms with Gasteiger partial charge in [-0.1, -0.05) is 0 Å². The molecule has 2 aromatic rings. The third-order valence-corrected chi connectivity index (χ3v) is 2.20. The first-order valence-electron chi connectivity index (χ1n) is 4.95. The molecule has 0 aliphatic heterocycles. The van der Waals surface area contributed by atoms with E-state index in [9.17, 15) is 13.2 Å². The van der Waals surface area contributed by atoms with Crippen LogP contribution < -0.4 is 0 Å². The van der Waals surface area contributed by atoms with Crippen molar-refractivity contribution in [3.63, 3.8) is 0 Å². The molecule has 0 N–H and O–H groups in total. The molecule has 0 aromatic carbocycles. The summed E-state index contributed by atoms with van der Waals surface area (Å²) in [7, 11) is 0. The molecule has 0 unspecified atom stereocenters. The highest BCUT2D eigenvalue weighted by Gasteiger charge is 2.33. The first-order valence-corrected chi connectivity index (χ1v) is 4.95. The van der Waals surface area contributed by atoms with E-state index in [1.165, 1.54) is 6.20 Å². The van der Waals surface area contributed by atoms with E-state index >= 15 is 0 Å². The zero-order chi connectivity index (χ0) is 12.6. The van der Waals surface area contributed by atoms with E-state index in [2.05, 4.69) is 10.1 Å². The molecule has 0 amide bonds. The Morgan fingerprint density at radius 1 is 1.18 bits per heavy atom. The lowest BCUT2D eigenvalue weighted by molar-refractivity contribution is -0.141. The molecule has 0 radical (unpaired) electrons. The third kappa shape index (κ3) is 2.46. The number of alkyl halides is 3. The number of halogens is 3. The van der Waals surface area contributed by atoms with Gasteiger partial charge in [-0.25, -0.2) is 9.67 Å². The fourth-order valence-electron chi connectivity index (χ4n) is 1.54. The summed E-state index contributed by atoms with van der Waals surface area (Å²) in [5.41, 5.74) is 0.749. The van der Waals surface area contributed by atoms with Crippen LogP contribution >= 0.6 is 0 Å². The van der Waals surface area contributed by atoms with Gasteiger partial charge in [0.15, 0.2) is 11.5 Å². The molecule has 2 aromatic heterocycles. The van der Waals surface area contributed by atoms with Crippen molar-refractivity contribution in [1.29, 1.82) is 0 Å². The maximum Gasteiger partial charge on any atom is 0.435 e. The zero-order valence-electron chi connectivity index (χ0n) is 9.28. The second-order valence-electron chi connectivity index (χ2n) is 3.79. The lowest BCUT2D eigenvalue weighted by atomic mass is 10.2. The number of hydrogen-bond donors (Lipinski definition) is 0. The van der Waals surface area contributed by atoms with Crippen LogP contribution in [0.2, 0.25) is 0 Å².